The molecule has 0 amide bonds. The normalized spacial score (nSPS) is 37.6. The Morgan fingerprint density at radius 2 is 2.16 bits per heavy atom. The molecule has 102 valence electrons. The molecule has 1 saturated carbocycles. The Morgan fingerprint density at radius 1 is 1.26 bits per heavy atom. The Morgan fingerprint density at radius 3 is 3.05 bits per heavy atom. The van der Waals surface area contributed by atoms with Gasteiger partial charge in [0.1, 0.15) is 0 Å². The topological polar surface area (TPSA) is 3.24 Å². The molecule has 0 unspecified atom stereocenters. The zero-order chi connectivity index (χ0) is 13.0. The first-order chi connectivity index (χ1) is 9.21. The van der Waals surface area contributed by atoms with Gasteiger partial charge in [0.15, 0.2) is 0 Å². The van der Waals surface area contributed by atoms with Crippen molar-refractivity contribution in [3.8, 4) is 0 Å². The summed E-state index contributed by atoms with van der Waals surface area (Å²) in [6.45, 7) is 1.30. The van der Waals surface area contributed by atoms with E-state index in [0.29, 0.717) is 5.41 Å². The Labute approximate surface area is 129 Å². The van der Waals surface area contributed by atoms with Gasteiger partial charge in [0.05, 0.1) is 0 Å². The Bertz CT molecular complexity index is 512. The molecule has 2 fully saturated rings. The van der Waals surface area contributed by atoms with Gasteiger partial charge < -0.3 is 4.90 Å². The molecular formula is C17H22IN. The molecule has 3 atom stereocenters. The minimum absolute atomic E-state index is 0.532. The molecule has 3 aliphatic rings. The molecule has 0 spiro atoms. The summed E-state index contributed by atoms with van der Waals surface area (Å²) in [6.07, 6.45) is 8.47. The summed E-state index contributed by atoms with van der Waals surface area (Å²) in [4.78, 5) is 2.65. The number of rotatable bonds is 0. The molecule has 0 radical (unpaired) electrons. The van der Waals surface area contributed by atoms with Crippen molar-refractivity contribution >= 4 is 22.6 Å². The van der Waals surface area contributed by atoms with Crippen molar-refractivity contribution < 1.29 is 0 Å². The van der Waals surface area contributed by atoms with E-state index in [0.717, 1.165) is 12.0 Å². The van der Waals surface area contributed by atoms with Crippen LogP contribution in [0.25, 0.3) is 0 Å². The Hall–Kier alpha value is -0.0900. The number of likely N-dealkylation sites (N-methyl/N-ethyl adjacent to an activating group) is 1. The quantitative estimate of drug-likeness (QED) is 0.627. The highest BCUT2D eigenvalue weighted by molar-refractivity contribution is 14.1. The molecule has 1 saturated heterocycles. The predicted molar refractivity (Wildman–Crippen MR) is 87.5 cm³/mol. The number of benzene rings is 1. The molecule has 1 aliphatic heterocycles. The maximum Gasteiger partial charge on any atom is 0.0169 e. The average molecular weight is 367 g/mol. The third-order valence-electron chi connectivity index (χ3n) is 6.08. The molecule has 2 heteroatoms. The number of likely N-dealkylation sites (tertiary alicyclic amines) is 1. The van der Waals surface area contributed by atoms with E-state index in [9.17, 15) is 0 Å². The standard InChI is InChI=1S/C17H22IN/c1-19-9-8-17-7-3-2-4-14(17)16(19)10-12-5-6-13(18)11-15(12)17/h5-6,11,14,16H,2-4,7-10H2,1H3/t14-,16+,17+/m0/s1. The van der Waals surface area contributed by atoms with Crippen molar-refractivity contribution in [2.24, 2.45) is 5.92 Å². The molecule has 2 bridgehead atoms. The second kappa shape index (κ2) is 4.45. The summed E-state index contributed by atoms with van der Waals surface area (Å²) in [7, 11) is 2.35. The third kappa shape index (κ3) is 1.75. The number of nitrogens with zero attached hydrogens (tertiary/aromatic N) is 1. The smallest absolute Gasteiger partial charge is 0.0169 e. The summed E-state index contributed by atoms with van der Waals surface area (Å²) in [6, 6.07) is 8.03. The van der Waals surface area contributed by atoms with E-state index in [1.807, 2.05) is 0 Å². The highest BCUT2D eigenvalue weighted by Gasteiger charge is 2.52. The van der Waals surface area contributed by atoms with Gasteiger partial charge in [-0.15, -0.1) is 0 Å². The lowest BCUT2D eigenvalue weighted by molar-refractivity contribution is 0.00282. The van der Waals surface area contributed by atoms with Crippen LogP contribution in [0.5, 0.6) is 0 Å². The van der Waals surface area contributed by atoms with Crippen LogP contribution in [0.1, 0.15) is 43.2 Å². The van der Waals surface area contributed by atoms with Gasteiger partial charge in [-0.1, -0.05) is 18.9 Å². The van der Waals surface area contributed by atoms with E-state index in [1.165, 1.54) is 48.6 Å². The Balaban J connectivity index is 1.90. The summed E-state index contributed by atoms with van der Waals surface area (Å²) >= 11 is 2.49. The summed E-state index contributed by atoms with van der Waals surface area (Å²) in [5, 5.41) is 0. The molecule has 19 heavy (non-hydrogen) atoms. The second-order valence-electron chi connectivity index (χ2n) is 6.81. The van der Waals surface area contributed by atoms with E-state index < -0.39 is 0 Å². The molecule has 1 aromatic carbocycles. The fourth-order valence-electron chi connectivity index (χ4n) is 5.17. The summed E-state index contributed by atoms with van der Waals surface area (Å²) < 4.78 is 1.42. The van der Waals surface area contributed by atoms with Gasteiger partial charge in [-0.2, -0.15) is 0 Å². The average Bonchev–Trinajstić information content (AvgIpc) is 2.43. The zero-order valence-corrected chi connectivity index (χ0v) is 13.8. The van der Waals surface area contributed by atoms with Crippen molar-refractivity contribution in [3.05, 3.63) is 32.9 Å². The molecule has 0 N–H and O–H groups in total. The Kier molecular flexibility index (Phi) is 2.96. The van der Waals surface area contributed by atoms with E-state index in [1.54, 1.807) is 11.1 Å². The van der Waals surface area contributed by atoms with Crippen molar-refractivity contribution in [1.82, 2.24) is 4.90 Å². The third-order valence-corrected chi connectivity index (χ3v) is 6.75. The van der Waals surface area contributed by atoms with Gasteiger partial charge >= 0.3 is 0 Å². The highest BCUT2D eigenvalue weighted by atomic mass is 127. The minimum atomic E-state index is 0.532. The van der Waals surface area contributed by atoms with Gasteiger partial charge in [-0.05, 0) is 91.0 Å². The van der Waals surface area contributed by atoms with Crippen LogP contribution in [-0.2, 0) is 11.8 Å². The summed E-state index contributed by atoms with van der Waals surface area (Å²) in [5.41, 5.74) is 3.91. The van der Waals surface area contributed by atoms with E-state index in [2.05, 4.69) is 52.7 Å². The lowest BCUT2D eigenvalue weighted by Crippen LogP contribution is -2.59. The van der Waals surface area contributed by atoms with Crippen LogP contribution in [0.15, 0.2) is 18.2 Å². The number of hydrogen-bond acceptors (Lipinski definition) is 1. The van der Waals surface area contributed by atoms with E-state index in [4.69, 9.17) is 0 Å². The van der Waals surface area contributed by atoms with Crippen LogP contribution in [0, 0.1) is 9.49 Å². The van der Waals surface area contributed by atoms with Crippen LogP contribution >= 0.6 is 22.6 Å². The zero-order valence-electron chi connectivity index (χ0n) is 11.7. The monoisotopic (exact) mass is 367 g/mol. The van der Waals surface area contributed by atoms with Crippen LogP contribution in [0.2, 0.25) is 0 Å². The maximum atomic E-state index is 2.65. The number of hydrogen-bond donors (Lipinski definition) is 0. The van der Waals surface area contributed by atoms with Crippen molar-refractivity contribution in [2.45, 2.75) is 50.0 Å². The number of fused-ring (bicyclic) bond motifs is 1. The molecule has 4 rings (SSSR count). The molecule has 1 aromatic rings. The van der Waals surface area contributed by atoms with Crippen LogP contribution in [0.3, 0.4) is 0 Å². The fourth-order valence-corrected chi connectivity index (χ4v) is 5.66. The highest BCUT2D eigenvalue weighted by Crippen LogP contribution is 2.55. The molecule has 2 aliphatic carbocycles. The van der Waals surface area contributed by atoms with Crippen LogP contribution in [-0.4, -0.2) is 24.5 Å². The maximum absolute atomic E-state index is 2.65. The van der Waals surface area contributed by atoms with Gasteiger partial charge in [0.2, 0.25) is 0 Å². The largest absolute Gasteiger partial charge is 0.303 e. The van der Waals surface area contributed by atoms with Crippen molar-refractivity contribution in [2.75, 3.05) is 13.6 Å². The van der Waals surface area contributed by atoms with Gasteiger partial charge in [-0.25, -0.2) is 0 Å². The SMILES string of the molecule is CN1CC[C@]23CCCC[C@H]2[C@H]1Cc1ccc(I)cc13. The fraction of sp³-hybridized carbons (Fsp3) is 0.647. The van der Waals surface area contributed by atoms with Gasteiger partial charge in [0, 0.05) is 15.0 Å². The first kappa shape index (κ1) is 12.6. The van der Waals surface area contributed by atoms with E-state index >= 15 is 0 Å². The molecule has 1 heterocycles. The van der Waals surface area contributed by atoms with Gasteiger partial charge in [-0.3, -0.25) is 0 Å². The van der Waals surface area contributed by atoms with Crippen molar-refractivity contribution in [1.29, 1.82) is 0 Å². The first-order valence-corrected chi connectivity index (χ1v) is 8.78. The van der Waals surface area contributed by atoms with Crippen molar-refractivity contribution in [3.63, 3.8) is 0 Å². The molecule has 0 aromatic heterocycles. The second-order valence-corrected chi connectivity index (χ2v) is 8.06. The van der Waals surface area contributed by atoms with Crippen LogP contribution in [0.4, 0.5) is 0 Å². The molecular weight excluding hydrogens is 345 g/mol. The first-order valence-electron chi connectivity index (χ1n) is 7.70. The van der Waals surface area contributed by atoms with Gasteiger partial charge in [0.25, 0.3) is 0 Å². The number of piperidine rings is 1. The molecule has 1 nitrogen and oxygen atoms in total. The van der Waals surface area contributed by atoms with Crippen LogP contribution < -0.4 is 0 Å². The van der Waals surface area contributed by atoms with E-state index in [-0.39, 0.29) is 0 Å². The number of halogens is 1. The summed E-state index contributed by atoms with van der Waals surface area (Å²) in [5.74, 6) is 0.922. The predicted octanol–water partition coefficient (Wildman–Crippen LogP) is 3.98. The lowest BCUT2D eigenvalue weighted by Gasteiger charge is -2.58. The minimum Gasteiger partial charge on any atom is -0.303 e. The lowest BCUT2D eigenvalue weighted by atomic mass is 9.52.